The highest BCUT2D eigenvalue weighted by Gasteiger charge is 2.31. The van der Waals surface area contributed by atoms with E-state index < -0.39 is 6.36 Å². The normalized spacial score (nSPS) is 16.1. The van der Waals surface area contributed by atoms with Crippen LogP contribution in [-0.4, -0.2) is 6.36 Å². The van der Waals surface area contributed by atoms with Crippen molar-refractivity contribution in [2.45, 2.75) is 34.1 Å². The third-order valence-corrected chi connectivity index (χ3v) is 2.04. The van der Waals surface area contributed by atoms with Crippen LogP contribution in [0, 0.1) is 11.8 Å². The van der Waals surface area contributed by atoms with Crippen molar-refractivity contribution >= 4 is 0 Å². The molecule has 0 amide bonds. The topological polar surface area (TPSA) is 9.23 Å². The van der Waals surface area contributed by atoms with Gasteiger partial charge in [0, 0.05) is 0 Å². The first-order valence-electron chi connectivity index (χ1n) is 4.86. The van der Waals surface area contributed by atoms with Gasteiger partial charge in [-0.3, -0.25) is 0 Å². The fourth-order valence-corrected chi connectivity index (χ4v) is 0.873. The van der Waals surface area contributed by atoms with E-state index in [4.69, 9.17) is 0 Å². The van der Waals surface area contributed by atoms with Gasteiger partial charge in [0.15, 0.2) is 0 Å². The average molecular weight is 222 g/mol. The summed E-state index contributed by atoms with van der Waals surface area (Å²) in [6, 6.07) is 0. The Kier molecular flexibility index (Phi) is 5.47. The van der Waals surface area contributed by atoms with Crippen molar-refractivity contribution < 1.29 is 17.9 Å². The van der Waals surface area contributed by atoms with E-state index in [1.165, 1.54) is 18.2 Å². The molecule has 4 heteroatoms. The van der Waals surface area contributed by atoms with Gasteiger partial charge in [0.25, 0.3) is 0 Å². The predicted octanol–water partition coefficient (Wildman–Crippen LogP) is 4.27. The fraction of sp³-hybridized carbons (Fsp3) is 0.636. The molecule has 0 N–H and O–H groups in total. The molecule has 0 aromatic rings. The van der Waals surface area contributed by atoms with Gasteiger partial charge in [-0.1, -0.05) is 26.8 Å². The van der Waals surface area contributed by atoms with Crippen LogP contribution >= 0.6 is 0 Å². The van der Waals surface area contributed by atoms with Crippen molar-refractivity contribution in [3.63, 3.8) is 0 Å². The van der Waals surface area contributed by atoms with Crippen LogP contribution in [0.5, 0.6) is 0 Å². The van der Waals surface area contributed by atoms with Crippen LogP contribution in [0.15, 0.2) is 24.0 Å². The molecule has 0 aliphatic carbocycles. The van der Waals surface area contributed by atoms with Gasteiger partial charge in [-0.05, 0) is 30.9 Å². The molecule has 15 heavy (non-hydrogen) atoms. The minimum absolute atomic E-state index is 0.0403. The lowest BCUT2D eigenvalue weighted by Crippen LogP contribution is -2.13. The summed E-state index contributed by atoms with van der Waals surface area (Å²) in [4.78, 5) is 0. The molecule has 0 saturated heterocycles. The zero-order chi connectivity index (χ0) is 12.1. The highest BCUT2D eigenvalue weighted by atomic mass is 19.4. The van der Waals surface area contributed by atoms with Crippen molar-refractivity contribution in [3.05, 3.63) is 24.0 Å². The maximum absolute atomic E-state index is 12.0. The van der Waals surface area contributed by atoms with Crippen molar-refractivity contribution in [3.8, 4) is 0 Å². The van der Waals surface area contributed by atoms with Gasteiger partial charge in [-0.2, -0.15) is 0 Å². The Morgan fingerprint density at radius 3 is 2.07 bits per heavy atom. The molecule has 0 aliphatic heterocycles. The van der Waals surface area contributed by atoms with E-state index in [1.54, 1.807) is 6.92 Å². The van der Waals surface area contributed by atoms with Crippen molar-refractivity contribution in [2.24, 2.45) is 11.8 Å². The van der Waals surface area contributed by atoms with Crippen molar-refractivity contribution in [1.29, 1.82) is 0 Å². The van der Waals surface area contributed by atoms with Crippen LogP contribution < -0.4 is 0 Å². The van der Waals surface area contributed by atoms with Gasteiger partial charge in [-0.15, -0.1) is 13.2 Å². The van der Waals surface area contributed by atoms with Gasteiger partial charge >= 0.3 is 6.36 Å². The molecule has 1 nitrogen and oxygen atoms in total. The second-order valence-corrected chi connectivity index (χ2v) is 3.72. The van der Waals surface area contributed by atoms with Crippen LogP contribution in [0.3, 0.4) is 0 Å². The highest BCUT2D eigenvalue weighted by molar-refractivity contribution is 5.12. The lowest BCUT2D eigenvalue weighted by atomic mass is 9.97. The van der Waals surface area contributed by atoms with Crippen LogP contribution in [-0.2, 0) is 4.74 Å². The monoisotopic (exact) mass is 222 g/mol. The fourth-order valence-electron chi connectivity index (χ4n) is 0.873. The maximum atomic E-state index is 12.0. The zero-order valence-corrected chi connectivity index (χ0v) is 9.43. The number of rotatable bonds is 4. The standard InChI is InChI=1S/C11H17F3O/c1-5-6-10(15-11(12,13)14)7-9(4)8(2)3/h5-9H,1-4H3/b6-5-,10-7+/t9-/m1/s1. The van der Waals surface area contributed by atoms with E-state index in [1.807, 2.05) is 20.8 Å². The molecule has 0 fully saturated rings. The summed E-state index contributed by atoms with van der Waals surface area (Å²) in [5.74, 6) is 0.173. The summed E-state index contributed by atoms with van der Waals surface area (Å²) in [5.41, 5.74) is 0. The third kappa shape index (κ3) is 7.05. The molecule has 0 aromatic carbocycles. The number of allylic oxidation sites excluding steroid dienone is 3. The van der Waals surface area contributed by atoms with Gasteiger partial charge in [0.2, 0.25) is 0 Å². The molecule has 0 heterocycles. The number of alkyl halides is 3. The molecule has 0 aromatic heterocycles. The second-order valence-electron chi connectivity index (χ2n) is 3.72. The first-order valence-corrected chi connectivity index (χ1v) is 4.86. The number of hydrogen-bond acceptors (Lipinski definition) is 1. The summed E-state index contributed by atoms with van der Waals surface area (Å²) in [5, 5.41) is 0. The first-order chi connectivity index (χ1) is 6.76. The van der Waals surface area contributed by atoms with Crippen LogP contribution in [0.25, 0.3) is 0 Å². The minimum Gasteiger partial charge on any atom is -0.406 e. The van der Waals surface area contributed by atoms with E-state index in [0.29, 0.717) is 0 Å². The first kappa shape index (κ1) is 14.1. The second kappa shape index (κ2) is 5.83. The van der Waals surface area contributed by atoms with Crippen LogP contribution in [0.1, 0.15) is 27.7 Å². The smallest absolute Gasteiger partial charge is 0.406 e. The maximum Gasteiger partial charge on any atom is 0.573 e. The van der Waals surface area contributed by atoms with Crippen molar-refractivity contribution in [2.75, 3.05) is 0 Å². The van der Waals surface area contributed by atoms with Gasteiger partial charge in [0.05, 0.1) is 0 Å². The van der Waals surface area contributed by atoms with E-state index in [0.717, 1.165) is 0 Å². The van der Waals surface area contributed by atoms with Crippen LogP contribution in [0.2, 0.25) is 0 Å². The Hall–Kier alpha value is -0.930. The minimum atomic E-state index is -4.62. The van der Waals surface area contributed by atoms with E-state index >= 15 is 0 Å². The molecule has 0 spiro atoms. The van der Waals surface area contributed by atoms with Gasteiger partial charge in [-0.25, -0.2) is 0 Å². The van der Waals surface area contributed by atoms with Gasteiger partial charge in [0.1, 0.15) is 5.76 Å². The lowest BCUT2D eigenvalue weighted by molar-refractivity contribution is -0.303. The zero-order valence-electron chi connectivity index (χ0n) is 9.43. The summed E-state index contributed by atoms with van der Waals surface area (Å²) >= 11 is 0. The Bertz CT molecular complexity index is 239. The Labute approximate surface area is 88.6 Å². The Morgan fingerprint density at radius 2 is 1.73 bits per heavy atom. The quantitative estimate of drug-likeness (QED) is 0.509. The molecular formula is C11H17F3O. The lowest BCUT2D eigenvalue weighted by Gasteiger charge is -2.14. The predicted molar refractivity (Wildman–Crippen MR) is 54.0 cm³/mol. The molecule has 0 radical (unpaired) electrons. The number of halogens is 3. The molecule has 0 saturated carbocycles. The molecule has 88 valence electrons. The van der Waals surface area contributed by atoms with Gasteiger partial charge < -0.3 is 4.74 Å². The Morgan fingerprint density at radius 1 is 1.20 bits per heavy atom. The summed E-state index contributed by atoms with van der Waals surface area (Å²) < 4.78 is 39.8. The summed E-state index contributed by atoms with van der Waals surface area (Å²) in [6.07, 6.45) is -0.308. The van der Waals surface area contributed by atoms with E-state index in [-0.39, 0.29) is 17.6 Å². The molecule has 1 atom stereocenters. The number of ether oxygens (including phenoxy) is 1. The average Bonchev–Trinajstić information content (AvgIpc) is 2.00. The molecular weight excluding hydrogens is 205 g/mol. The largest absolute Gasteiger partial charge is 0.573 e. The van der Waals surface area contributed by atoms with Crippen LogP contribution in [0.4, 0.5) is 13.2 Å². The molecule has 0 rings (SSSR count). The third-order valence-electron chi connectivity index (χ3n) is 2.04. The SMILES string of the molecule is C/C=C\C(=C/[C@@H](C)C(C)C)OC(F)(F)F. The van der Waals surface area contributed by atoms with Crippen molar-refractivity contribution in [1.82, 2.24) is 0 Å². The van der Waals surface area contributed by atoms with E-state index in [2.05, 4.69) is 4.74 Å². The Balaban J connectivity index is 4.66. The summed E-state index contributed by atoms with van der Waals surface area (Å²) in [6.45, 7) is 7.39. The number of hydrogen-bond donors (Lipinski definition) is 0. The molecule has 0 bridgehead atoms. The highest BCUT2D eigenvalue weighted by Crippen LogP contribution is 2.23. The van der Waals surface area contributed by atoms with E-state index in [9.17, 15) is 13.2 Å². The molecule has 0 unspecified atom stereocenters. The molecule has 0 aliphatic rings. The summed E-state index contributed by atoms with van der Waals surface area (Å²) in [7, 11) is 0.